The van der Waals surface area contributed by atoms with Gasteiger partial charge in [-0.1, -0.05) is 19.1 Å². The summed E-state index contributed by atoms with van der Waals surface area (Å²) >= 11 is 0. The largest absolute Gasteiger partial charge is 0.379 e. The summed E-state index contributed by atoms with van der Waals surface area (Å²) < 4.78 is 0. The Bertz CT molecular complexity index is 626. The van der Waals surface area contributed by atoms with Crippen molar-refractivity contribution >= 4 is 11.4 Å². The van der Waals surface area contributed by atoms with Crippen molar-refractivity contribution in [2.75, 3.05) is 5.32 Å². The molecule has 0 unspecified atom stereocenters. The molecule has 0 amide bonds. The maximum Gasteiger partial charge on any atom is 0.271 e. The molecule has 0 atom stereocenters. The van der Waals surface area contributed by atoms with Gasteiger partial charge in [-0.25, -0.2) is 0 Å². The number of non-ortho nitro benzene ring substituents is 1. The highest BCUT2D eigenvalue weighted by Crippen LogP contribution is 2.22. The lowest BCUT2D eigenvalue weighted by atomic mass is 10.1. The van der Waals surface area contributed by atoms with Crippen molar-refractivity contribution in [2.45, 2.75) is 26.8 Å². The van der Waals surface area contributed by atoms with Gasteiger partial charge in [-0.2, -0.15) is 0 Å². The van der Waals surface area contributed by atoms with Crippen molar-refractivity contribution in [3.8, 4) is 0 Å². The molecular formula is C15H17N3O2. The molecule has 0 saturated carbocycles. The van der Waals surface area contributed by atoms with E-state index < -0.39 is 0 Å². The van der Waals surface area contributed by atoms with E-state index in [1.54, 1.807) is 18.3 Å². The van der Waals surface area contributed by atoms with Gasteiger partial charge in [0.25, 0.3) is 5.69 Å². The van der Waals surface area contributed by atoms with Crippen LogP contribution in [0.1, 0.15) is 23.7 Å². The van der Waals surface area contributed by atoms with Crippen LogP contribution in [0.5, 0.6) is 0 Å². The number of nitro groups is 1. The van der Waals surface area contributed by atoms with E-state index in [0.29, 0.717) is 6.54 Å². The zero-order chi connectivity index (χ0) is 14.5. The van der Waals surface area contributed by atoms with E-state index in [2.05, 4.69) is 17.2 Å². The van der Waals surface area contributed by atoms with Gasteiger partial charge in [0.05, 0.1) is 17.2 Å². The summed E-state index contributed by atoms with van der Waals surface area (Å²) in [5.74, 6) is 0. The first-order valence-electron chi connectivity index (χ1n) is 6.53. The van der Waals surface area contributed by atoms with Gasteiger partial charge >= 0.3 is 0 Å². The van der Waals surface area contributed by atoms with E-state index in [-0.39, 0.29) is 10.6 Å². The van der Waals surface area contributed by atoms with E-state index in [0.717, 1.165) is 23.4 Å². The lowest BCUT2D eigenvalue weighted by molar-refractivity contribution is -0.384. The summed E-state index contributed by atoms with van der Waals surface area (Å²) in [5, 5.41) is 14.0. The molecular weight excluding hydrogens is 254 g/mol. The van der Waals surface area contributed by atoms with Crippen molar-refractivity contribution in [2.24, 2.45) is 0 Å². The number of rotatable bonds is 5. The smallest absolute Gasteiger partial charge is 0.271 e. The Labute approximate surface area is 117 Å². The predicted octanol–water partition coefficient (Wildman–Crippen LogP) is 3.47. The molecule has 1 heterocycles. The van der Waals surface area contributed by atoms with Gasteiger partial charge in [-0.15, -0.1) is 0 Å². The third-order valence-corrected chi connectivity index (χ3v) is 3.24. The number of hydrogen-bond acceptors (Lipinski definition) is 4. The lowest BCUT2D eigenvalue weighted by Gasteiger charge is -2.11. The van der Waals surface area contributed by atoms with E-state index in [1.165, 1.54) is 11.6 Å². The zero-order valence-electron chi connectivity index (χ0n) is 11.6. The molecule has 0 saturated heterocycles. The standard InChI is InChI=1S/C15H17N3O2/c1-3-12-5-4-8-16-15(12)10-17-14-9-13(18(19)20)7-6-11(14)2/h4-9,17H,3,10H2,1-2H3. The quantitative estimate of drug-likeness (QED) is 0.667. The Morgan fingerprint density at radius 1 is 1.35 bits per heavy atom. The number of nitrogens with zero attached hydrogens (tertiary/aromatic N) is 2. The molecule has 0 radical (unpaired) electrons. The average Bonchev–Trinajstić information content (AvgIpc) is 2.46. The molecule has 1 aromatic heterocycles. The van der Waals surface area contributed by atoms with Gasteiger partial charge in [-0.3, -0.25) is 15.1 Å². The second-order valence-corrected chi connectivity index (χ2v) is 4.57. The Morgan fingerprint density at radius 3 is 2.85 bits per heavy atom. The fourth-order valence-electron chi connectivity index (χ4n) is 2.05. The number of nitrogens with one attached hydrogen (secondary N) is 1. The van der Waals surface area contributed by atoms with Gasteiger partial charge in [0, 0.05) is 24.0 Å². The third-order valence-electron chi connectivity index (χ3n) is 3.24. The van der Waals surface area contributed by atoms with Crippen molar-refractivity contribution < 1.29 is 4.92 Å². The summed E-state index contributed by atoms with van der Waals surface area (Å²) in [5.41, 5.74) is 4.00. The first-order valence-corrected chi connectivity index (χ1v) is 6.53. The van der Waals surface area contributed by atoms with E-state index >= 15 is 0 Å². The summed E-state index contributed by atoms with van der Waals surface area (Å²) in [6, 6.07) is 8.79. The highest BCUT2D eigenvalue weighted by Gasteiger charge is 2.09. The number of pyridine rings is 1. The molecule has 0 aliphatic rings. The van der Waals surface area contributed by atoms with Crippen LogP contribution in [0.15, 0.2) is 36.5 Å². The number of aryl methyl sites for hydroxylation is 2. The van der Waals surface area contributed by atoms with Crippen molar-refractivity contribution in [3.05, 3.63) is 63.5 Å². The minimum atomic E-state index is -0.386. The fraction of sp³-hybridized carbons (Fsp3) is 0.267. The molecule has 0 aliphatic heterocycles. The number of aromatic nitrogens is 1. The maximum atomic E-state index is 10.8. The summed E-state index contributed by atoms with van der Waals surface area (Å²) in [7, 11) is 0. The number of benzene rings is 1. The summed E-state index contributed by atoms with van der Waals surface area (Å²) in [4.78, 5) is 14.8. The number of anilines is 1. The minimum Gasteiger partial charge on any atom is -0.379 e. The Hall–Kier alpha value is -2.43. The number of hydrogen-bond donors (Lipinski definition) is 1. The Morgan fingerprint density at radius 2 is 2.15 bits per heavy atom. The van der Waals surface area contributed by atoms with Crippen LogP contribution in [0.4, 0.5) is 11.4 Å². The molecule has 0 spiro atoms. The van der Waals surface area contributed by atoms with Crippen LogP contribution in [0.3, 0.4) is 0 Å². The minimum absolute atomic E-state index is 0.0924. The summed E-state index contributed by atoms with van der Waals surface area (Å²) in [6.07, 6.45) is 2.68. The molecule has 104 valence electrons. The SMILES string of the molecule is CCc1cccnc1CNc1cc([N+](=O)[O-])ccc1C. The van der Waals surface area contributed by atoms with Crippen LogP contribution >= 0.6 is 0 Å². The molecule has 5 heteroatoms. The van der Waals surface area contributed by atoms with Gasteiger partial charge in [-0.05, 0) is 30.5 Å². The first kappa shape index (κ1) is 14.0. The molecule has 0 fully saturated rings. The molecule has 1 N–H and O–H groups in total. The molecule has 0 aliphatic carbocycles. The fourth-order valence-corrected chi connectivity index (χ4v) is 2.05. The molecule has 5 nitrogen and oxygen atoms in total. The van der Waals surface area contributed by atoms with Crippen LogP contribution in [0.2, 0.25) is 0 Å². The normalized spacial score (nSPS) is 10.3. The second kappa shape index (κ2) is 6.14. The lowest BCUT2D eigenvalue weighted by Crippen LogP contribution is -2.06. The Balaban J connectivity index is 2.18. The Kier molecular flexibility index (Phi) is 4.30. The van der Waals surface area contributed by atoms with Crippen molar-refractivity contribution in [1.82, 2.24) is 4.98 Å². The predicted molar refractivity (Wildman–Crippen MR) is 78.8 cm³/mol. The summed E-state index contributed by atoms with van der Waals surface area (Å²) in [6.45, 7) is 4.57. The van der Waals surface area contributed by atoms with Crippen LogP contribution < -0.4 is 5.32 Å². The topological polar surface area (TPSA) is 68.1 Å². The van der Waals surface area contributed by atoms with E-state index in [1.807, 2.05) is 19.1 Å². The number of nitro benzene ring substituents is 1. The van der Waals surface area contributed by atoms with Gasteiger partial charge in [0.15, 0.2) is 0 Å². The molecule has 2 aromatic rings. The van der Waals surface area contributed by atoms with Crippen molar-refractivity contribution in [3.63, 3.8) is 0 Å². The highest BCUT2D eigenvalue weighted by molar-refractivity contribution is 5.56. The van der Waals surface area contributed by atoms with Crippen molar-refractivity contribution in [1.29, 1.82) is 0 Å². The van der Waals surface area contributed by atoms with Crippen LogP contribution in [0.25, 0.3) is 0 Å². The third kappa shape index (κ3) is 3.12. The monoisotopic (exact) mass is 271 g/mol. The highest BCUT2D eigenvalue weighted by atomic mass is 16.6. The van der Waals surface area contributed by atoms with Crippen LogP contribution in [-0.4, -0.2) is 9.91 Å². The molecule has 2 rings (SSSR count). The first-order chi connectivity index (χ1) is 9.61. The van der Waals surface area contributed by atoms with Crippen LogP contribution in [0, 0.1) is 17.0 Å². The average molecular weight is 271 g/mol. The van der Waals surface area contributed by atoms with E-state index in [4.69, 9.17) is 0 Å². The maximum absolute atomic E-state index is 10.8. The van der Waals surface area contributed by atoms with Gasteiger partial charge in [0.1, 0.15) is 0 Å². The van der Waals surface area contributed by atoms with E-state index in [9.17, 15) is 10.1 Å². The van der Waals surface area contributed by atoms with Gasteiger partial charge in [0.2, 0.25) is 0 Å². The van der Waals surface area contributed by atoms with Gasteiger partial charge < -0.3 is 5.32 Å². The second-order valence-electron chi connectivity index (χ2n) is 4.57. The molecule has 20 heavy (non-hydrogen) atoms. The zero-order valence-corrected chi connectivity index (χ0v) is 11.6. The van der Waals surface area contributed by atoms with Crippen LogP contribution in [-0.2, 0) is 13.0 Å². The molecule has 1 aromatic carbocycles. The molecule has 0 bridgehead atoms.